The lowest BCUT2D eigenvalue weighted by molar-refractivity contribution is 0.346. The summed E-state index contributed by atoms with van der Waals surface area (Å²) in [4.78, 5) is 0.409. The van der Waals surface area contributed by atoms with E-state index in [1.807, 2.05) is 6.92 Å². The summed E-state index contributed by atoms with van der Waals surface area (Å²) in [5.41, 5.74) is 1.27. The highest BCUT2D eigenvalue weighted by Crippen LogP contribution is 2.38. The van der Waals surface area contributed by atoms with Crippen molar-refractivity contribution in [3.8, 4) is 5.75 Å². The molecule has 0 amide bonds. The average molecular weight is 451 g/mol. The van der Waals surface area contributed by atoms with Crippen LogP contribution in [0.2, 0.25) is 0 Å². The van der Waals surface area contributed by atoms with Crippen molar-refractivity contribution < 1.29 is 21.6 Å². The standard InChI is InChI=1S/C21H26N2O5S2/c1-16-14-17-15-20(29(24,25)22-12-4-3-5-13-22)10-11-21(17)23(16)30(26,27)19-8-6-18(28-2)7-9-19/h6-11,15-16H,3-5,12-14H2,1-2H3/t16-/m1/s1. The molecule has 0 aromatic heterocycles. The van der Waals surface area contributed by atoms with E-state index < -0.39 is 20.0 Å². The minimum atomic E-state index is -3.78. The lowest BCUT2D eigenvalue weighted by Crippen LogP contribution is -2.36. The van der Waals surface area contributed by atoms with Gasteiger partial charge >= 0.3 is 0 Å². The van der Waals surface area contributed by atoms with Crippen LogP contribution in [0.25, 0.3) is 0 Å². The van der Waals surface area contributed by atoms with Gasteiger partial charge in [0.25, 0.3) is 10.0 Å². The largest absolute Gasteiger partial charge is 0.497 e. The molecule has 2 aliphatic heterocycles. The van der Waals surface area contributed by atoms with Crippen LogP contribution in [0.15, 0.2) is 52.3 Å². The zero-order valence-electron chi connectivity index (χ0n) is 17.1. The Balaban J connectivity index is 1.68. The van der Waals surface area contributed by atoms with Gasteiger partial charge in [-0.15, -0.1) is 0 Å². The van der Waals surface area contributed by atoms with E-state index in [0.717, 1.165) is 24.8 Å². The summed E-state index contributed by atoms with van der Waals surface area (Å²) in [6.45, 7) is 2.90. The number of sulfonamides is 2. The number of hydrogen-bond donors (Lipinski definition) is 0. The predicted octanol–water partition coefficient (Wildman–Crippen LogP) is 3.01. The second-order valence-corrected chi connectivity index (χ2v) is 11.5. The number of fused-ring (bicyclic) bond motifs is 1. The highest BCUT2D eigenvalue weighted by molar-refractivity contribution is 7.93. The second kappa shape index (κ2) is 7.86. The fourth-order valence-electron chi connectivity index (χ4n) is 4.22. The van der Waals surface area contributed by atoms with Gasteiger partial charge < -0.3 is 4.74 Å². The molecule has 1 atom stereocenters. The average Bonchev–Trinajstić information content (AvgIpc) is 3.10. The smallest absolute Gasteiger partial charge is 0.264 e. The van der Waals surface area contributed by atoms with Crippen LogP contribution in [0.5, 0.6) is 5.75 Å². The molecule has 2 aromatic rings. The molecule has 7 nitrogen and oxygen atoms in total. The fourth-order valence-corrected chi connectivity index (χ4v) is 7.48. The lowest BCUT2D eigenvalue weighted by atomic mass is 10.1. The first-order valence-corrected chi connectivity index (χ1v) is 12.9. The molecule has 1 saturated heterocycles. The molecule has 9 heteroatoms. The summed E-state index contributed by atoms with van der Waals surface area (Å²) in [5.74, 6) is 0.580. The molecular weight excluding hydrogens is 424 g/mol. The molecule has 2 aliphatic rings. The van der Waals surface area contributed by atoms with Crippen molar-refractivity contribution in [3.05, 3.63) is 48.0 Å². The zero-order chi connectivity index (χ0) is 21.5. The maximum atomic E-state index is 13.3. The van der Waals surface area contributed by atoms with Crippen LogP contribution >= 0.6 is 0 Å². The van der Waals surface area contributed by atoms with Gasteiger partial charge in [0.1, 0.15) is 5.75 Å². The second-order valence-electron chi connectivity index (χ2n) is 7.78. The Kier molecular flexibility index (Phi) is 5.54. The lowest BCUT2D eigenvalue weighted by Gasteiger charge is -2.26. The number of anilines is 1. The monoisotopic (exact) mass is 450 g/mol. The highest BCUT2D eigenvalue weighted by atomic mass is 32.2. The van der Waals surface area contributed by atoms with Crippen LogP contribution in [0.1, 0.15) is 31.7 Å². The number of piperidine rings is 1. The van der Waals surface area contributed by atoms with Crippen LogP contribution in [0.4, 0.5) is 5.69 Å². The fraction of sp³-hybridized carbons (Fsp3) is 0.429. The summed E-state index contributed by atoms with van der Waals surface area (Å²) in [7, 11) is -5.81. The molecule has 0 radical (unpaired) electrons. The maximum Gasteiger partial charge on any atom is 0.264 e. The van der Waals surface area contributed by atoms with Gasteiger partial charge in [-0.3, -0.25) is 4.31 Å². The first kappa shape index (κ1) is 21.1. The van der Waals surface area contributed by atoms with Crippen molar-refractivity contribution >= 4 is 25.7 Å². The van der Waals surface area contributed by atoms with Crippen LogP contribution in [0, 0.1) is 0 Å². The Morgan fingerprint density at radius 2 is 1.50 bits per heavy atom. The van der Waals surface area contributed by atoms with E-state index in [-0.39, 0.29) is 15.8 Å². The number of ether oxygens (including phenoxy) is 1. The summed E-state index contributed by atoms with van der Waals surface area (Å²) in [5, 5.41) is 0. The van der Waals surface area contributed by atoms with Crippen molar-refractivity contribution in [2.24, 2.45) is 0 Å². The molecule has 0 N–H and O–H groups in total. The van der Waals surface area contributed by atoms with Gasteiger partial charge in [0.05, 0.1) is 22.6 Å². The topological polar surface area (TPSA) is 84.0 Å². The molecule has 0 bridgehead atoms. The molecular formula is C21H26N2O5S2. The third kappa shape index (κ3) is 3.59. The van der Waals surface area contributed by atoms with Crippen molar-refractivity contribution in [1.29, 1.82) is 0 Å². The summed E-state index contributed by atoms with van der Waals surface area (Å²) in [6, 6.07) is 10.8. The van der Waals surface area contributed by atoms with Crippen LogP contribution < -0.4 is 9.04 Å². The zero-order valence-corrected chi connectivity index (χ0v) is 18.7. The molecule has 2 heterocycles. The Bertz CT molecular complexity index is 1140. The van der Waals surface area contributed by atoms with Gasteiger partial charge in [-0.2, -0.15) is 4.31 Å². The van der Waals surface area contributed by atoms with E-state index in [2.05, 4.69) is 0 Å². The molecule has 0 spiro atoms. The minimum absolute atomic E-state index is 0.174. The van der Waals surface area contributed by atoms with Gasteiger partial charge in [0.15, 0.2) is 0 Å². The molecule has 0 saturated carbocycles. The van der Waals surface area contributed by atoms with E-state index >= 15 is 0 Å². The molecule has 0 aliphatic carbocycles. The van der Waals surface area contributed by atoms with Crippen molar-refractivity contribution in [3.63, 3.8) is 0 Å². The van der Waals surface area contributed by atoms with Gasteiger partial charge in [0.2, 0.25) is 10.0 Å². The molecule has 2 aromatic carbocycles. The van der Waals surface area contributed by atoms with Gasteiger partial charge in [-0.1, -0.05) is 6.42 Å². The summed E-state index contributed by atoms with van der Waals surface area (Å²) < 4.78 is 60.6. The SMILES string of the molecule is COc1ccc(S(=O)(=O)N2c3ccc(S(=O)(=O)N4CCCCC4)cc3C[C@H]2C)cc1. The quantitative estimate of drug-likeness (QED) is 0.699. The molecule has 0 unspecified atom stereocenters. The molecule has 30 heavy (non-hydrogen) atoms. The first-order chi connectivity index (χ1) is 14.2. The van der Waals surface area contributed by atoms with Crippen molar-refractivity contribution in [2.45, 2.75) is 48.4 Å². The first-order valence-electron chi connectivity index (χ1n) is 10.1. The van der Waals surface area contributed by atoms with Gasteiger partial charge in [-0.05, 0) is 74.2 Å². The third-order valence-corrected chi connectivity index (χ3v) is 9.61. The van der Waals surface area contributed by atoms with Gasteiger partial charge in [0, 0.05) is 19.1 Å². The Morgan fingerprint density at radius 1 is 0.867 bits per heavy atom. The third-order valence-electron chi connectivity index (χ3n) is 5.77. The van der Waals surface area contributed by atoms with Crippen molar-refractivity contribution in [2.75, 3.05) is 24.5 Å². The summed E-state index contributed by atoms with van der Waals surface area (Å²) >= 11 is 0. The van der Waals surface area contributed by atoms with Crippen molar-refractivity contribution in [1.82, 2.24) is 4.31 Å². The van der Waals surface area contributed by atoms with Crippen LogP contribution in [-0.4, -0.2) is 47.4 Å². The highest BCUT2D eigenvalue weighted by Gasteiger charge is 2.37. The van der Waals surface area contributed by atoms with E-state index in [1.54, 1.807) is 24.3 Å². The Morgan fingerprint density at radius 3 is 2.13 bits per heavy atom. The van der Waals surface area contributed by atoms with Crippen LogP contribution in [0.3, 0.4) is 0 Å². The van der Waals surface area contributed by atoms with E-state index in [1.165, 1.54) is 33.9 Å². The van der Waals surface area contributed by atoms with E-state index in [0.29, 0.717) is 30.9 Å². The Labute approximate surface area is 178 Å². The Hall–Kier alpha value is -2.10. The number of methoxy groups -OCH3 is 1. The van der Waals surface area contributed by atoms with E-state index in [9.17, 15) is 16.8 Å². The number of nitrogens with zero attached hydrogens (tertiary/aromatic N) is 2. The maximum absolute atomic E-state index is 13.3. The number of hydrogen-bond acceptors (Lipinski definition) is 5. The minimum Gasteiger partial charge on any atom is -0.497 e. The number of rotatable bonds is 5. The molecule has 1 fully saturated rings. The van der Waals surface area contributed by atoms with E-state index in [4.69, 9.17) is 4.74 Å². The van der Waals surface area contributed by atoms with Crippen LogP contribution in [-0.2, 0) is 26.5 Å². The molecule has 4 rings (SSSR count). The molecule has 162 valence electrons. The predicted molar refractivity (Wildman–Crippen MR) is 115 cm³/mol. The summed E-state index contributed by atoms with van der Waals surface area (Å²) in [6.07, 6.45) is 3.25. The van der Waals surface area contributed by atoms with Gasteiger partial charge in [-0.25, -0.2) is 16.8 Å². The number of benzene rings is 2. The normalized spacial score (nSPS) is 20.2.